The van der Waals surface area contributed by atoms with Gasteiger partial charge < -0.3 is 10.1 Å². The highest BCUT2D eigenvalue weighted by Crippen LogP contribution is 2.34. The molecule has 0 aliphatic carbocycles. The van der Waals surface area contributed by atoms with Crippen molar-refractivity contribution in [2.75, 3.05) is 14.2 Å². The molecule has 2 nitrogen and oxygen atoms in total. The van der Waals surface area contributed by atoms with Gasteiger partial charge in [-0.3, -0.25) is 0 Å². The Bertz CT molecular complexity index is 652. The van der Waals surface area contributed by atoms with Crippen LogP contribution < -0.4 is 10.1 Å². The number of benzene rings is 2. The highest BCUT2D eigenvalue weighted by Gasteiger charge is 2.19. The normalized spacial score (nSPS) is 12.3. The minimum Gasteiger partial charge on any atom is -0.496 e. The van der Waals surface area contributed by atoms with Gasteiger partial charge in [-0.05, 0) is 56.1 Å². The van der Waals surface area contributed by atoms with Crippen molar-refractivity contribution >= 4 is 15.9 Å². The number of methoxy groups -OCH3 is 1. The van der Waals surface area contributed by atoms with Crippen LogP contribution in [0.4, 0.5) is 0 Å². The van der Waals surface area contributed by atoms with E-state index in [0.29, 0.717) is 0 Å². The third-order valence-electron chi connectivity index (χ3n) is 4.03. The fourth-order valence-electron chi connectivity index (χ4n) is 2.66. The first-order valence-corrected chi connectivity index (χ1v) is 7.86. The van der Waals surface area contributed by atoms with Crippen molar-refractivity contribution in [1.29, 1.82) is 0 Å². The second kappa shape index (κ2) is 6.63. The summed E-state index contributed by atoms with van der Waals surface area (Å²) in [5.41, 5.74) is 6.08. The number of rotatable bonds is 4. The maximum absolute atomic E-state index is 5.67. The van der Waals surface area contributed by atoms with Crippen LogP contribution in [0.15, 0.2) is 34.8 Å². The lowest BCUT2D eigenvalue weighted by Crippen LogP contribution is -2.19. The van der Waals surface area contributed by atoms with E-state index in [1.807, 2.05) is 7.05 Å². The third-order valence-corrected chi connectivity index (χ3v) is 4.92. The summed E-state index contributed by atoms with van der Waals surface area (Å²) in [4.78, 5) is 0. The van der Waals surface area contributed by atoms with Gasteiger partial charge >= 0.3 is 0 Å². The molecule has 1 N–H and O–H groups in total. The molecule has 21 heavy (non-hydrogen) atoms. The molecule has 0 saturated carbocycles. The summed E-state index contributed by atoms with van der Waals surface area (Å²) in [6.45, 7) is 6.33. The van der Waals surface area contributed by atoms with Gasteiger partial charge in [0.15, 0.2) is 0 Å². The van der Waals surface area contributed by atoms with Gasteiger partial charge in [-0.15, -0.1) is 0 Å². The smallest absolute Gasteiger partial charge is 0.127 e. The molecule has 0 saturated heterocycles. The molecule has 0 amide bonds. The van der Waals surface area contributed by atoms with E-state index in [2.05, 4.69) is 72.3 Å². The van der Waals surface area contributed by atoms with E-state index in [1.54, 1.807) is 7.11 Å². The Labute approximate surface area is 135 Å². The van der Waals surface area contributed by atoms with Gasteiger partial charge in [-0.2, -0.15) is 0 Å². The fraction of sp³-hybridized carbons (Fsp3) is 0.333. The van der Waals surface area contributed by atoms with Crippen LogP contribution in [0.25, 0.3) is 0 Å². The lowest BCUT2D eigenvalue weighted by molar-refractivity contribution is 0.402. The van der Waals surface area contributed by atoms with Gasteiger partial charge in [0.05, 0.1) is 13.2 Å². The first kappa shape index (κ1) is 16.1. The number of ether oxygens (including phenoxy) is 1. The average Bonchev–Trinajstić information content (AvgIpc) is 2.47. The molecule has 112 valence electrons. The third kappa shape index (κ3) is 3.14. The quantitative estimate of drug-likeness (QED) is 0.865. The second-order valence-corrected chi connectivity index (χ2v) is 6.21. The van der Waals surface area contributed by atoms with Crippen LogP contribution in [0.1, 0.15) is 33.9 Å². The summed E-state index contributed by atoms with van der Waals surface area (Å²) in [5.74, 6) is 0.968. The van der Waals surface area contributed by atoms with Crippen LogP contribution in [-0.2, 0) is 0 Å². The van der Waals surface area contributed by atoms with E-state index in [4.69, 9.17) is 4.74 Å². The van der Waals surface area contributed by atoms with E-state index in [9.17, 15) is 0 Å². The predicted octanol–water partition coefficient (Wildman–Crippen LogP) is 4.69. The minimum atomic E-state index is 0.117. The molecule has 2 aromatic rings. The Morgan fingerprint density at radius 3 is 2.33 bits per heavy atom. The largest absolute Gasteiger partial charge is 0.496 e. The number of aryl methyl sites for hydroxylation is 2. The van der Waals surface area contributed by atoms with Crippen molar-refractivity contribution in [2.45, 2.75) is 26.8 Å². The number of hydrogen-bond donors (Lipinski definition) is 1. The zero-order valence-corrected chi connectivity index (χ0v) is 14.8. The lowest BCUT2D eigenvalue weighted by atomic mass is 9.93. The Morgan fingerprint density at radius 2 is 1.76 bits per heavy atom. The minimum absolute atomic E-state index is 0.117. The maximum Gasteiger partial charge on any atom is 0.127 e. The van der Waals surface area contributed by atoms with Gasteiger partial charge in [0.1, 0.15) is 5.75 Å². The summed E-state index contributed by atoms with van der Waals surface area (Å²) in [7, 11) is 3.72. The monoisotopic (exact) mass is 347 g/mol. The fourth-order valence-corrected chi connectivity index (χ4v) is 2.91. The summed E-state index contributed by atoms with van der Waals surface area (Å²) < 4.78 is 6.80. The summed E-state index contributed by atoms with van der Waals surface area (Å²) >= 11 is 3.56. The van der Waals surface area contributed by atoms with E-state index in [0.717, 1.165) is 10.2 Å². The van der Waals surface area contributed by atoms with E-state index >= 15 is 0 Å². The van der Waals surface area contributed by atoms with Crippen LogP contribution in [0.3, 0.4) is 0 Å². The van der Waals surface area contributed by atoms with Crippen molar-refractivity contribution in [3.05, 3.63) is 62.6 Å². The average molecular weight is 348 g/mol. The van der Waals surface area contributed by atoms with Crippen molar-refractivity contribution < 1.29 is 4.74 Å². The summed E-state index contributed by atoms with van der Waals surface area (Å²) in [5, 5.41) is 3.41. The second-order valence-electron chi connectivity index (χ2n) is 5.36. The molecule has 2 aromatic carbocycles. The zero-order chi connectivity index (χ0) is 15.6. The molecule has 0 aliphatic heterocycles. The molecule has 1 atom stereocenters. The van der Waals surface area contributed by atoms with E-state index < -0.39 is 0 Å². The summed E-state index contributed by atoms with van der Waals surface area (Å²) in [6, 6.07) is 10.9. The Kier molecular flexibility index (Phi) is 5.07. The number of hydrogen-bond acceptors (Lipinski definition) is 2. The molecule has 0 spiro atoms. The maximum atomic E-state index is 5.67. The van der Waals surface area contributed by atoms with Gasteiger partial charge in [0.25, 0.3) is 0 Å². The SMILES string of the molecule is CNC(c1ccc(Br)c(C)c1)c1ccc(C)c(C)c1OC. The van der Waals surface area contributed by atoms with Crippen LogP contribution in [0, 0.1) is 20.8 Å². The molecule has 0 heterocycles. The lowest BCUT2D eigenvalue weighted by Gasteiger charge is -2.22. The summed E-state index contributed by atoms with van der Waals surface area (Å²) in [6.07, 6.45) is 0. The molecular weight excluding hydrogens is 326 g/mol. The number of nitrogens with one attached hydrogen (secondary N) is 1. The molecule has 3 heteroatoms. The molecule has 0 radical (unpaired) electrons. The van der Waals surface area contributed by atoms with Crippen molar-refractivity contribution in [1.82, 2.24) is 5.32 Å². The van der Waals surface area contributed by atoms with E-state index in [-0.39, 0.29) is 6.04 Å². The van der Waals surface area contributed by atoms with Crippen LogP contribution in [0.2, 0.25) is 0 Å². The molecular formula is C18H22BrNO. The Balaban J connectivity index is 2.56. The van der Waals surface area contributed by atoms with Gasteiger partial charge in [-0.1, -0.05) is 40.2 Å². The zero-order valence-electron chi connectivity index (χ0n) is 13.3. The van der Waals surface area contributed by atoms with E-state index in [1.165, 1.54) is 27.8 Å². The molecule has 1 unspecified atom stereocenters. The van der Waals surface area contributed by atoms with Gasteiger partial charge in [0.2, 0.25) is 0 Å². The van der Waals surface area contributed by atoms with Crippen molar-refractivity contribution in [2.24, 2.45) is 0 Å². The highest BCUT2D eigenvalue weighted by atomic mass is 79.9. The number of halogens is 1. The van der Waals surface area contributed by atoms with Gasteiger partial charge in [-0.25, -0.2) is 0 Å². The van der Waals surface area contributed by atoms with Gasteiger partial charge in [0, 0.05) is 10.0 Å². The highest BCUT2D eigenvalue weighted by molar-refractivity contribution is 9.10. The van der Waals surface area contributed by atoms with Crippen LogP contribution >= 0.6 is 15.9 Å². The first-order valence-electron chi connectivity index (χ1n) is 7.07. The topological polar surface area (TPSA) is 21.3 Å². The first-order chi connectivity index (χ1) is 9.99. The van der Waals surface area contributed by atoms with Crippen LogP contribution in [-0.4, -0.2) is 14.2 Å². The van der Waals surface area contributed by atoms with Crippen molar-refractivity contribution in [3.63, 3.8) is 0 Å². The molecule has 0 bridgehead atoms. The molecule has 0 fully saturated rings. The molecule has 0 aromatic heterocycles. The van der Waals surface area contributed by atoms with Crippen LogP contribution in [0.5, 0.6) is 5.75 Å². The van der Waals surface area contributed by atoms with Crippen molar-refractivity contribution in [3.8, 4) is 5.75 Å². The Hall–Kier alpha value is -1.32. The standard InChI is InChI=1S/C18H22BrNO/c1-11-6-8-15(18(21-5)13(11)3)17(20-4)14-7-9-16(19)12(2)10-14/h6-10,17,20H,1-5H3. The Morgan fingerprint density at radius 1 is 1.05 bits per heavy atom. The molecule has 2 rings (SSSR count). The molecule has 0 aliphatic rings. The predicted molar refractivity (Wildman–Crippen MR) is 92.2 cm³/mol.